The summed E-state index contributed by atoms with van der Waals surface area (Å²) in [6.45, 7) is 8.43. The van der Waals surface area contributed by atoms with Gasteiger partial charge in [0.2, 0.25) is 0 Å². The third kappa shape index (κ3) is 2.86. The van der Waals surface area contributed by atoms with Gasteiger partial charge in [-0.25, -0.2) is 4.79 Å². The van der Waals surface area contributed by atoms with Gasteiger partial charge >= 0.3 is 5.97 Å². The Kier molecular flexibility index (Phi) is 3.35. The summed E-state index contributed by atoms with van der Waals surface area (Å²) in [6, 6.07) is 0. The molecule has 0 saturated carbocycles. The highest BCUT2D eigenvalue weighted by atomic mass is 16.6. The van der Waals surface area contributed by atoms with Crippen LogP contribution in [0.25, 0.3) is 0 Å². The molecule has 0 N–H and O–H groups in total. The Morgan fingerprint density at radius 3 is 2.71 bits per heavy atom. The molecule has 1 heterocycles. The molecule has 2 nitrogen and oxygen atoms in total. The number of hydrogen-bond acceptors (Lipinski definition) is 2. The molecule has 0 fully saturated rings. The minimum absolute atomic E-state index is 0.170. The van der Waals surface area contributed by atoms with Crippen molar-refractivity contribution in [1.82, 2.24) is 0 Å². The van der Waals surface area contributed by atoms with Crippen LogP contribution in [0.3, 0.4) is 0 Å². The quantitative estimate of drug-likeness (QED) is 0.648. The maximum absolute atomic E-state index is 11.3. The molecule has 0 unspecified atom stereocenters. The Hall–Kier alpha value is -0.790. The molecule has 0 aliphatic carbocycles. The predicted molar refractivity (Wildman–Crippen MR) is 56.9 cm³/mol. The van der Waals surface area contributed by atoms with Gasteiger partial charge in [0.25, 0.3) is 0 Å². The molecule has 0 spiro atoms. The van der Waals surface area contributed by atoms with Crippen molar-refractivity contribution in [2.24, 2.45) is 5.92 Å². The van der Waals surface area contributed by atoms with Crippen LogP contribution in [0.1, 0.15) is 47.0 Å². The number of cyclic esters (lactones) is 1. The van der Waals surface area contributed by atoms with E-state index in [1.807, 2.05) is 6.92 Å². The van der Waals surface area contributed by atoms with Crippen molar-refractivity contribution in [1.29, 1.82) is 0 Å². The molecule has 0 aromatic carbocycles. The largest absolute Gasteiger partial charge is 0.456 e. The van der Waals surface area contributed by atoms with Crippen LogP contribution in [0.2, 0.25) is 0 Å². The SMILES string of the molecule is CCC1=CC(=O)O[C@](C)(CC(C)C)C1. The Labute approximate surface area is 86.3 Å². The second-order valence-electron chi connectivity index (χ2n) is 4.80. The minimum Gasteiger partial charge on any atom is -0.456 e. The highest BCUT2D eigenvalue weighted by Crippen LogP contribution is 2.32. The summed E-state index contributed by atoms with van der Waals surface area (Å²) >= 11 is 0. The Morgan fingerprint density at radius 1 is 1.57 bits per heavy atom. The average Bonchev–Trinajstić information content (AvgIpc) is 1.99. The van der Waals surface area contributed by atoms with Crippen molar-refractivity contribution in [2.75, 3.05) is 0 Å². The third-order valence-electron chi connectivity index (χ3n) is 2.56. The molecule has 0 bridgehead atoms. The number of carbonyl (C=O) groups is 1. The van der Waals surface area contributed by atoms with Crippen molar-refractivity contribution >= 4 is 5.97 Å². The second kappa shape index (κ2) is 4.16. The summed E-state index contributed by atoms with van der Waals surface area (Å²) < 4.78 is 5.40. The summed E-state index contributed by atoms with van der Waals surface area (Å²) in [5.74, 6) is 0.389. The smallest absolute Gasteiger partial charge is 0.331 e. The van der Waals surface area contributed by atoms with Gasteiger partial charge in [0.1, 0.15) is 5.60 Å². The fraction of sp³-hybridized carbons (Fsp3) is 0.750. The molecule has 1 aliphatic heterocycles. The summed E-state index contributed by atoms with van der Waals surface area (Å²) in [5.41, 5.74) is 0.940. The van der Waals surface area contributed by atoms with Crippen LogP contribution in [0, 0.1) is 5.92 Å². The van der Waals surface area contributed by atoms with Crippen molar-refractivity contribution in [3.05, 3.63) is 11.6 Å². The van der Waals surface area contributed by atoms with Crippen molar-refractivity contribution in [3.8, 4) is 0 Å². The van der Waals surface area contributed by atoms with Gasteiger partial charge in [-0.15, -0.1) is 0 Å². The topological polar surface area (TPSA) is 26.3 Å². The zero-order chi connectivity index (χ0) is 10.8. The van der Waals surface area contributed by atoms with Gasteiger partial charge in [-0.3, -0.25) is 0 Å². The first-order valence-electron chi connectivity index (χ1n) is 5.37. The number of carbonyl (C=O) groups excluding carboxylic acids is 1. The third-order valence-corrected chi connectivity index (χ3v) is 2.56. The molecule has 0 aromatic rings. The van der Waals surface area contributed by atoms with Crippen LogP contribution in [-0.2, 0) is 9.53 Å². The maximum Gasteiger partial charge on any atom is 0.331 e. The van der Waals surface area contributed by atoms with Crippen molar-refractivity contribution in [2.45, 2.75) is 52.6 Å². The Balaban J connectivity index is 2.74. The van der Waals surface area contributed by atoms with Crippen LogP contribution < -0.4 is 0 Å². The first-order chi connectivity index (χ1) is 6.45. The Bertz CT molecular complexity index is 253. The molecule has 1 aliphatic rings. The standard InChI is InChI=1S/C12H20O2/c1-5-10-6-11(13)14-12(4,8-10)7-9(2)3/h6,9H,5,7-8H2,1-4H3/t12-/m1/s1. The minimum atomic E-state index is -0.272. The van der Waals surface area contributed by atoms with Crippen LogP contribution >= 0.6 is 0 Å². The molecule has 0 aromatic heterocycles. The van der Waals surface area contributed by atoms with Gasteiger partial charge in [0.15, 0.2) is 0 Å². The Morgan fingerprint density at radius 2 is 2.21 bits per heavy atom. The van der Waals surface area contributed by atoms with E-state index in [1.165, 1.54) is 5.57 Å². The van der Waals surface area contributed by atoms with E-state index in [-0.39, 0.29) is 11.6 Å². The first-order valence-corrected chi connectivity index (χ1v) is 5.37. The van der Waals surface area contributed by atoms with Crippen LogP contribution in [-0.4, -0.2) is 11.6 Å². The summed E-state index contributed by atoms with van der Waals surface area (Å²) in [5, 5.41) is 0. The van der Waals surface area contributed by atoms with Crippen LogP contribution in [0.4, 0.5) is 0 Å². The van der Waals surface area contributed by atoms with Crippen molar-refractivity contribution < 1.29 is 9.53 Å². The molecule has 1 atom stereocenters. The average molecular weight is 196 g/mol. The number of esters is 1. The second-order valence-corrected chi connectivity index (χ2v) is 4.80. The number of rotatable bonds is 3. The lowest BCUT2D eigenvalue weighted by molar-refractivity contribution is -0.155. The highest BCUT2D eigenvalue weighted by molar-refractivity contribution is 5.84. The molecule has 2 heteroatoms. The van der Waals surface area contributed by atoms with Gasteiger partial charge in [-0.1, -0.05) is 26.3 Å². The molecular formula is C12H20O2. The lowest BCUT2D eigenvalue weighted by atomic mass is 9.85. The van der Waals surface area contributed by atoms with E-state index < -0.39 is 0 Å². The van der Waals surface area contributed by atoms with Crippen LogP contribution in [0.5, 0.6) is 0 Å². The number of hydrogen-bond donors (Lipinski definition) is 0. The van der Waals surface area contributed by atoms with Crippen molar-refractivity contribution in [3.63, 3.8) is 0 Å². The molecule has 0 radical (unpaired) electrons. The monoisotopic (exact) mass is 196 g/mol. The maximum atomic E-state index is 11.3. The summed E-state index contributed by atoms with van der Waals surface area (Å²) in [7, 11) is 0. The van der Waals surface area contributed by atoms with E-state index in [0.717, 1.165) is 19.3 Å². The van der Waals surface area contributed by atoms with Gasteiger partial charge in [0, 0.05) is 12.5 Å². The molecule has 80 valence electrons. The summed E-state index contributed by atoms with van der Waals surface area (Å²) in [6.07, 6.45) is 4.42. The van der Waals surface area contributed by atoms with E-state index in [4.69, 9.17) is 4.74 Å². The molecule has 0 saturated heterocycles. The van der Waals surface area contributed by atoms with Gasteiger partial charge in [-0.05, 0) is 25.7 Å². The molecule has 0 amide bonds. The van der Waals surface area contributed by atoms with Crippen LogP contribution in [0.15, 0.2) is 11.6 Å². The fourth-order valence-corrected chi connectivity index (χ4v) is 2.21. The first kappa shape index (κ1) is 11.3. The molecule has 14 heavy (non-hydrogen) atoms. The normalized spacial score (nSPS) is 27.5. The number of ether oxygens (including phenoxy) is 1. The van der Waals surface area contributed by atoms with E-state index in [2.05, 4.69) is 20.8 Å². The molecule has 1 rings (SSSR count). The highest BCUT2D eigenvalue weighted by Gasteiger charge is 2.33. The lowest BCUT2D eigenvalue weighted by Gasteiger charge is -2.34. The zero-order valence-electron chi connectivity index (χ0n) is 9.59. The van der Waals surface area contributed by atoms with E-state index >= 15 is 0 Å². The predicted octanol–water partition coefficient (Wildman–Crippen LogP) is 3.07. The van der Waals surface area contributed by atoms with E-state index in [0.29, 0.717) is 5.92 Å². The summed E-state index contributed by atoms with van der Waals surface area (Å²) in [4.78, 5) is 11.3. The fourth-order valence-electron chi connectivity index (χ4n) is 2.21. The zero-order valence-corrected chi connectivity index (χ0v) is 9.59. The van der Waals surface area contributed by atoms with E-state index in [1.54, 1.807) is 6.08 Å². The molecular weight excluding hydrogens is 176 g/mol. The van der Waals surface area contributed by atoms with Gasteiger partial charge in [0.05, 0.1) is 0 Å². The van der Waals surface area contributed by atoms with Gasteiger partial charge in [-0.2, -0.15) is 0 Å². The lowest BCUT2D eigenvalue weighted by Crippen LogP contribution is -2.36. The van der Waals surface area contributed by atoms with Gasteiger partial charge < -0.3 is 4.74 Å². The van der Waals surface area contributed by atoms with E-state index in [9.17, 15) is 4.79 Å².